The fourth-order valence-corrected chi connectivity index (χ4v) is 4.18. The molecule has 5 heteroatoms. The van der Waals surface area contributed by atoms with E-state index in [1.807, 2.05) is 29.3 Å². The Kier molecular flexibility index (Phi) is 3.27. The molecule has 1 N–H and O–H groups in total. The molecule has 4 rings (SSSR count). The first-order valence-electron chi connectivity index (χ1n) is 8.18. The zero-order valence-corrected chi connectivity index (χ0v) is 12.7. The molecule has 0 bridgehead atoms. The predicted octanol–water partition coefficient (Wildman–Crippen LogP) is 1.30. The summed E-state index contributed by atoms with van der Waals surface area (Å²) in [6.45, 7) is 3.03. The molecule has 2 heterocycles. The van der Waals surface area contributed by atoms with E-state index in [1.165, 1.54) is 5.01 Å². The Morgan fingerprint density at radius 2 is 1.68 bits per heavy atom. The molecule has 1 aromatic carbocycles. The summed E-state index contributed by atoms with van der Waals surface area (Å²) in [6.07, 6.45) is 3.84. The van der Waals surface area contributed by atoms with E-state index in [4.69, 9.17) is 0 Å². The van der Waals surface area contributed by atoms with Crippen LogP contribution in [0.5, 0.6) is 0 Å². The number of piperazine rings is 1. The monoisotopic (exact) mass is 299 g/mol. The first-order valence-corrected chi connectivity index (χ1v) is 8.18. The van der Waals surface area contributed by atoms with Gasteiger partial charge in [0.05, 0.1) is 5.41 Å². The number of fused-ring (bicyclic) bond motifs is 2. The second-order valence-corrected chi connectivity index (χ2v) is 6.46. The molecule has 2 amide bonds. The number of carbonyl (C=O) groups is 2. The van der Waals surface area contributed by atoms with Gasteiger partial charge in [-0.2, -0.15) is 0 Å². The van der Waals surface area contributed by atoms with Gasteiger partial charge < -0.3 is 5.32 Å². The summed E-state index contributed by atoms with van der Waals surface area (Å²) in [5.41, 5.74) is 1.19. The number of rotatable bonds is 1. The minimum atomic E-state index is -0.477. The highest BCUT2D eigenvalue weighted by molar-refractivity contribution is 6.12. The summed E-state index contributed by atoms with van der Waals surface area (Å²) in [5.74, 6) is -0.157. The van der Waals surface area contributed by atoms with Gasteiger partial charge in [-0.3, -0.25) is 9.59 Å². The van der Waals surface area contributed by atoms with Gasteiger partial charge in [-0.25, -0.2) is 10.0 Å². The van der Waals surface area contributed by atoms with Crippen molar-refractivity contribution in [3.8, 4) is 0 Å². The topological polar surface area (TPSA) is 52.7 Å². The largest absolute Gasteiger partial charge is 0.314 e. The van der Waals surface area contributed by atoms with Crippen LogP contribution in [0.3, 0.4) is 0 Å². The van der Waals surface area contributed by atoms with Crippen molar-refractivity contribution in [1.82, 2.24) is 15.3 Å². The molecule has 22 heavy (non-hydrogen) atoms. The zero-order valence-electron chi connectivity index (χ0n) is 12.7. The van der Waals surface area contributed by atoms with Crippen molar-refractivity contribution in [3.05, 3.63) is 35.4 Å². The second kappa shape index (κ2) is 5.18. The molecule has 0 aromatic heterocycles. The Morgan fingerprint density at radius 3 is 2.41 bits per heavy atom. The molecule has 1 saturated heterocycles. The van der Waals surface area contributed by atoms with Gasteiger partial charge in [-0.05, 0) is 24.5 Å². The number of carbonyl (C=O) groups excluding carboxylic acids is 2. The van der Waals surface area contributed by atoms with Gasteiger partial charge in [0.15, 0.2) is 0 Å². The van der Waals surface area contributed by atoms with Crippen LogP contribution >= 0.6 is 0 Å². The minimum absolute atomic E-state index is 0.00407. The lowest BCUT2D eigenvalue weighted by molar-refractivity contribution is -0.150. The SMILES string of the molecule is O=C1c2ccccc2C2(CCCC2)C(=O)N1N1CCNCC1. The summed E-state index contributed by atoms with van der Waals surface area (Å²) in [7, 11) is 0. The van der Waals surface area contributed by atoms with Crippen molar-refractivity contribution in [3.63, 3.8) is 0 Å². The molecule has 1 aromatic rings. The van der Waals surface area contributed by atoms with E-state index in [0.29, 0.717) is 18.7 Å². The van der Waals surface area contributed by atoms with Crippen LogP contribution in [0.15, 0.2) is 24.3 Å². The third kappa shape index (κ3) is 1.85. The number of benzene rings is 1. The second-order valence-electron chi connectivity index (χ2n) is 6.46. The van der Waals surface area contributed by atoms with Crippen LogP contribution in [0.4, 0.5) is 0 Å². The molecular formula is C17H21N3O2. The van der Waals surface area contributed by atoms with Crippen molar-refractivity contribution in [2.75, 3.05) is 26.2 Å². The molecule has 0 atom stereocenters. The maximum absolute atomic E-state index is 13.3. The fourth-order valence-electron chi connectivity index (χ4n) is 4.18. The number of amides is 2. The first kappa shape index (κ1) is 13.9. The van der Waals surface area contributed by atoms with E-state index >= 15 is 0 Å². The number of hydrogen-bond acceptors (Lipinski definition) is 4. The molecule has 116 valence electrons. The molecule has 0 radical (unpaired) electrons. The summed E-state index contributed by atoms with van der Waals surface area (Å²) in [4.78, 5) is 26.2. The van der Waals surface area contributed by atoms with E-state index in [0.717, 1.165) is 44.3 Å². The van der Waals surface area contributed by atoms with Gasteiger partial charge in [-0.1, -0.05) is 31.0 Å². The normalized spacial score (nSPS) is 24.8. The summed E-state index contributed by atoms with van der Waals surface area (Å²) in [5, 5.41) is 6.65. The van der Waals surface area contributed by atoms with E-state index < -0.39 is 5.41 Å². The molecule has 0 unspecified atom stereocenters. The molecule has 1 aliphatic carbocycles. The van der Waals surface area contributed by atoms with Gasteiger partial charge >= 0.3 is 0 Å². The van der Waals surface area contributed by atoms with Crippen molar-refractivity contribution in [2.45, 2.75) is 31.1 Å². The lowest BCUT2D eigenvalue weighted by Gasteiger charge is -2.45. The van der Waals surface area contributed by atoms with Crippen LogP contribution in [0.1, 0.15) is 41.6 Å². The molecule has 2 aliphatic heterocycles. The number of hydrogen-bond donors (Lipinski definition) is 1. The van der Waals surface area contributed by atoms with Gasteiger partial charge in [0.2, 0.25) is 0 Å². The quantitative estimate of drug-likeness (QED) is 0.794. The molecule has 1 saturated carbocycles. The number of imide groups is 1. The van der Waals surface area contributed by atoms with E-state index in [-0.39, 0.29) is 11.8 Å². The Bertz CT molecular complexity index is 616. The third-order valence-electron chi connectivity index (χ3n) is 5.30. The highest BCUT2D eigenvalue weighted by atomic mass is 16.2. The van der Waals surface area contributed by atoms with Crippen LogP contribution in [0, 0.1) is 0 Å². The average Bonchev–Trinajstić information content (AvgIpc) is 3.05. The highest BCUT2D eigenvalue weighted by Gasteiger charge is 2.53. The van der Waals surface area contributed by atoms with E-state index in [9.17, 15) is 9.59 Å². The summed E-state index contributed by atoms with van der Waals surface area (Å²) >= 11 is 0. The van der Waals surface area contributed by atoms with Crippen molar-refractivity contribution in [1.29, 1.82) is 0 Å². The molecule has 2 fully saturated rings. The Labute approximate surface area is 130 Å². The molecule has 3 aliphatic rings. The fraction of sp³-hybridized carbons (Fsp3) is 0.529. The first-order chi connectivity index (χ1) is 10.7. The predicted molar refractivity (Wildman–Crippen MR) is 82.2 cm³/mol. The maximum Gasteiger partial charge on any atom is 0.275 e. The highest BCUT2D eigenvalue weighted by Crippen LogP contribution is 2.47. The molecular weight excluding hydrogens is 278 g/mol. The molecule has 5 nitrogen and oxygen atoms in total. The average molecular weight is 299 g/mol. The Morgan fingerprint density at radius 1 is 1.00 bits per heavy atom. The van der Waals surface area contributed by atoms with Gasteiger partial charge in [-0.15, -0.1) is 0 Å². The standard InChI is InChI=1S/C17H21N3O2/c21-15-13-5-1-2-6-14(13)17(7-3-4-8-17)16(22)20(15)19-11-9-18-10-12-19/h1-2,5-6,18H,3-4,7-12H2. The lowest BCUT2D eigenvalue weighted by atomic mass is 9.73. The van der Waals surface area contributed by atoms with Crippen molar-refractivity contribution < 1.29 is 9.59 Å². The van der Waals surface area contributed by atoms with Crippen molar-refractivity contribution in [2.24, 2.45) is 0 Å². The van der Waals surface area contributed by atoms with Crippen LogP contribution < -0.4 is 5.32 Å². The van der Waals surface area contributed by atoms with E-state index in [1.54, 1.807) is 0 Å². The maximum atomic E-state index is 13.3. The van der Waals surface area contributed by atoms with Crippen LogP contribution in [0.2, 0.25) is 0 Å². The van der Waals surface area contributed by atoms with Crippen LogP contribution in [-0.4, -0.2) is 48.0 Å². The van der Waals surface area contributed by atoms with Gasteiger partial charge in [0.25, 0.3) is 11.8 Å². The third-order valence-corrected chi connectivity index (χ3v) is 5.30. The smallest absolute Gasteiger partial charge is 0.275 e. The van der Waals surface area contributed by atoms with E-state index in [2.05, 4.69) is 5.32 Å². The Hall–Kier alpha value is -1.72. The summed E-state index contributed by atoms with van der Waals surface area (Å²) < 4.78 is 0. The van der Waals surface area contributed by atoms with Crippen molar-refractivity contribution >= 4 is 11.8 Å². The van der Waals surface area contributed by atoms with Gasteiger partial charge in [0, 0.05) is 31.7 Å². The van der Waals surface area contributed by atoms with Crippen LogP contribution in [0.25, 0.3) is 0 Å². The zero-order chi connectivity index (χ0) is 15.2. The lowest BCUT2D eigenvalue weighted by Crippen LogP contribution is -2.63. The number of hydrazine groups is 1. The Balaban J connectivity index is 1.82. The molecule has 1 spiro atoms. The summed E-state index contributed by atoms with van der Waals surface area (Å²) in [6, 6.07) is 7.69. The number of nitrogens with zero attached hydrogens (tertiary/aromatic N) is 2. The van der Waals surface area contributed by atoms with Crippen LogP contribution in [-0.2, 0) is 10.2 Å². The number of nitrogens with one attached hydrogen (secondary N) is 1. The van der Waals surface area contributed by atoms with Gasteiger partial charge in [0.1, 0.15) is 0 Å². The minimum Gasteiger partial charge on any atom is -0.314 e.